The van der Waals surface area contributed by atoms with E-state index in [9.17, 15) is 9.90 Å². The van der Waals surface area contributed by atoms with Crippen LogP contribution in [0.5, 0.6) is 5.75 Å². The molecule has 0 saturated carbocycles. The van der Waals surface area contributed by atoms with Crippen LogP contribution in [0, 0.1) is 13.8 Å². The number of amides is 1. The predicted octanol–water partition coefficient (Wildman–Crippen LogP) is 2.77. The molecular weight excluding hydrogens is 336 g/mol. The van der Waals surface area contributed by atoms with Crippen LogP contribution >= 0.6 is 11.8 Å². The minimum absolute atomic E-state index is 0.137. The summed E-state index contributed by atoms with van der Waals surface area (Å²) in [5, 5.41) is 14.6. The molecule has 130 valence electrons. The van der Waals surface area contributed by atoms with Crippen molar-refractivity contribution >= 4 is 23.9 Å². The number of phenolic OH excluding ortho intramolecular Hbond substituents is 1. The first kappa shape index (κ1) is 18.7. The third kappa shape index (κ3) is 5.72. The van der Waals surface area contributed by atoms with Gasteiger partial charge in [0.15, 0.2) is 5.16 Å². The maximum absolute atomic E-state index is 11.9. The summed E-state index contributed by atoms with van der Waals surface area (Å²) >= 11 is 1.25. The van der Waals surface area contributed by atoms with Crippen molar-refractivity contribution in [3.8, 4) is 5.75 Å². The number of rotatable bonds is 7. The van der Waals surface area contributed by atoms with Gasteiger partial charge in [0.2, 0.25) is 0 Å². The molecule has 0 saturated heterocycles. The third-order valence-electron chi connectivity index (χ3n) is 3.20. The first-order valence-electron chi connectivity index (χ1n) is 7.68. The summed E-state index contributed by atoms with van der Waals surface area (Å²) in [6.45, 7) is 7.42. The number of nitrogens with zero attached hydrogens (tertiary/aromatic N) is 3. The standard InChI is InChI=1S/C18H20N4O2S/c1-4-6-14-7-5-8-15(17(14)24)10-19-22-16(23)11-25-18-20-12(2)9-13(3)21-18/h4-5,7-10,24H,1,6,11H2,2-3H3,(H,22,23)/b19-10-. The molecule has 2 N–H and O–H groups in total. The Kier molecular flexibility index (Phi) is 6.71. The summed E-state index contributed by atoms with van der Waals surface area (Å²) in [5.74, 6) is 0.0204. The molecule has 0 aliphatic rings. The van der Waals surface area contributed by atoms with Gasteiger partial charge >= 0.3 is 0 Å². The number of benzene rings is 1. The van der Waals surface area contributed by atoms with Crippen LogP contribution in [0.2, 0.25) is 0 Å². The maximum Gasteiger partial charge on any atom is 0.250 e. The molecule has 6 nitrogen and oxygen atoms in total. The number of aromatic hydroxyl groups is 1. The summed E-state index contributed by atoms with van der Waals surface area (Å²) < 4.78 is 0. The van der Waals surface area contributed by atoms with Gasteiger partial charge in [-0.2, -0.15) is 5.10 Å². The number of carbonyl (C=O) groups is 1. The summed E-state index contributed by atoms with van der Waals surface area (Å²) in [4.78, 5) is 20.4. The number of hydrogen-bond acceptors (Lipinski definition) is 6. The van der Waals surface area contributed by atoms with Gasteiger partial charge in [-0.1, -0.05) is 30.0 Å². The maximum atomic E-state index is 11.9. The van der Waals surface area contributed by atoms with Gasteiger partial charge < -0.3 is 5.11 Å². The molecule has 0 radical (unpaired) electrons. The van der Waals surface area contributed by atoms with E-state index in [4.69, 9.17) is 0 Å². The highest BCUT2D eigenvalue weighted by atomic mass is 32.2. The first-order chi connectivity index (χ1) is 12.0. The van der Waals surface area contributed by atoms with Crippen LogP contribution in [0.3, 0.4) is 0 Å². The zero-order chi connectivity index (χ0) is 18.2. The topological polar surface area (TPSA) is 87.5 Å². The number of nitrogens with one attached hydrogen (secondary N) is 1. The lowest BCUT2D eigenvalue weighted by atomic mass is 10.1. The van der Waals surface area contributed by atoms with Crippen molar-refractivity contribution in [3.05, 3.63) is 59.4 Å². The Bertz CT molecular complexity index is 785. The van der Waals surface area contributed by atoms with Gasteiger partial charge in [-0.25, -0.2) is 15.4 Å². The van der Waals surface area contributed by atoms with Gasteiger partial charge in [-0.15, -0.1) is 6.58 Å². The largest absolute Gasteiger partial charge is 0.507 e. The van der Waals surface area contributed by atoms with Crippen LogP contribution in [0.15, 0.2) is 47.2 Å². The average molecular weight is 356 g/mol. The van der Waals surface area contributed by atoms with Gasteiger partial charge in [0, 0.05) is 17.0 Å². The zero-order valence-corrected chi connectivity index (χ0v) is 15.0. The molecule has 2 aromatic rings. The van der Waals surface area contributed by atoms with E-state index in [1.54, 1.807) is 12.1 Å². The minimum Gasteiger partial charge on any atom is -0.507 e. The number of aryl methyl sites for hydroxylation is 2. The zero-order valence-electron chi connectivity index (χ0n) is 14.2. The molecule has 0 aliphatic carbocycles. The molecule has 0 unspecified atom stereocenters. The van der Waals surface area contributed by atoms with Crippen molar-refractivity contribution in [3.63, 3.8) is 0 Å². The second kappa shape index (κ2) is 8.98. The van der Waals surface area contributed by atoms with Gasteiger partial charge in [0.1, 0.15) is 5.75 Å². The number of hydrogen-bond donors (Lipinski definition) is 2. The molecule has 2 rings (SSSR count). The Hall–Kier alpha value is -2.67. The van der Waals surface area contributed by atoms with E-state index < -0.39 is 0 Å². The lowest BCUT2D eigenvalue weighted by molar-refractivity contribution is -0.118. The smallest absolute Gasteiger partial charge is 0.250 e. The van der Waals surface area contributed by atoms with Crippen LogP contribution in [-0.2, 0) is 11.2 Å². The van der Waals surface area contributed by atoms with E-state index in [2.05, 4.69) is 27.1 Å². The normalized spacial score (nSPS) is 10.8. The summed E-state index contributed by atoms with van der Waals surface area (Å²) in [6, 6.07) is 7.22. The molecule has 0 atom stereocenters. The van der Waals surface area contributed by atoms with Crippen molar-refractivity contribution in [2.75, 3.05) is 5.75 Å². The SMILES string of the molecule is C=CCc1cccc(/C=N\NC(=O)CSc2nc(C)cc(C)n2)c1O. The molecule has 0 fully saturated rings. The fraction of sp³-hybridized carbons (Fsp3) is 0.222. The molecular formula is C18H20N4O2S. The molecule has 1 aromatic heterocycles. The molecule has 1 heterocycles. The average Bonchev–Trinajstić information content (AvgIpc) is 2.56. The Morgan fingerprint density at radius 1 is 1.36 bits per heavy atom. The number of carbonyl (C=O) groups excluding carboxylic acids is 1. The second-order valence-electron chi connectivity index (χ2n) is 5.36. The molecule has 0 aliphatic heterocycles. The van der Waals surface area contributed by atoms with Crippen molar-refractivity contribution in [2.45, 2.75) is 25.4 Å². The number of aromatic nitrogens is 2. The quantitative estimate of drug-likeness (QED) is 0.262. The number of phenols is 1. The van der Waals surface area contributed by atoms with Gasteiger partial charge in [-0.3, -0.25) is 4.79 Å². The van der Waals surface area contributed by atoms with E-state index in [0.717, 1.165) is 17.0 Å². The van der Waals surface area contributed by atoms with Crippen LogP contribution in [0.25, 0.3) is 0 Å². The Balaban J connectivity index is 1.90. The van der Waals surface area contributed by atoms with E-state index >= 15 is 0 Å². The summed E-state index contributed by atoms with van der Waals surface area (Å²) in [6.07, 6.45) is 3.69. The number of thioether (sulfide) groups is 1. The molecule has 0 bridgehead atoms. The van der Waals surface area contributed by atoms with E-state index in [0.29, 0.717) is 17.1 Å². The molecule has 1 aromatic carbocycles. The van der Waals surface area contributed by atoms with Crippen molar-refractivity contribution in [1.29, 1.82) is 0 Å². The van der Waals surface area contributed by atoms with E-state index in [-0.39, 0.29) is 17.4 Å². The molecule has 1 amide bonds. The van der Waals surface area contributed by atoms with Crippen molar-refractivity contribution in [2.24, 2.45) is 5.10 Å². The molecule has 7 heteroatoms. The second-order valence-corrected chi connectivity index (χ2v) is 6.31. The van der Waals surface area contributed by atoms with Gasteiger partial charge in [0.25, 0.3) is 5.91 Å². The first-order valence-corrected chi connectivity index (χ1v) is 8.67. The van der Waals surface area contributed by atoms with E-state index in [1.165, 1.54) is 18.0 Å². The number of para-hydroxylation sites is 1. The highest BCUT2D eigenvalue weighted by Gasteiger charge is 2.06. The van der Waals surface area contributed by atoms with Crippen LogP contribution in [0.1, 0.15) is 22.5 Å². The van der Waals surface area contributed by atoms with Crippen LogP contribution in [-0.4, -0.2) is 32.9 Å². The third-order valence-corrected chi connectivity index (χ3v) is 4.05. The Morgan fingerprint density at radius 3 is 2.76 bits per heavy atom. The number of allylic oxidation sites excluding steroid dienone is 1. The number of hydrazone groups is 1. The Labute approximate surface area is 151 Å². The summed E-state index contributed by atoms with van der Waals surface area (Å²) in [7, 11) is 0. The fourth-order valence-corrected chi connectivity index (χ4v) is 2.87. The fourth-order valence-electron chi connectivity index (χ4n) is 2.13. The minimum atomic E-state index is -0.272. The van der Waals surface area contributed by atoms with Crippen LogP contribution in [0.4, 0.5) is 0 Å². The highest BCUT2D eigenvalue weighted by Crippen LogP contribution is 2.21. The Morgan fingerprint density at radius 2 is 2.08 bits per heavy atom. The predicted molar refractivity (Wildman–Crippen MR) is 100.0 cm³/mol. The monoisotopic (exact) mass is 356 g/mol. The van der Waals surface area contributed by atoms with Crippen molar-refractivity contribution in [1.82, 2.24) is 15.4 Å². The lowest BCUT2D eigenvalue weighted by Crippen LogP contribution is -2.19. The van der Waals surface area contributed by atoms with Crippen molar-refractivity contribution < 1.29 is 9.90 Å². The molecule has 25 heavy (non-hydrogen) atoms. The van der Waals surface area contributed by atoms with Gasteiger partial charge in [-0.05, 0) is 38.0 Å². The van der Waals surface area contributed by atoms with E-state index in [1.807, 2.05) is 32.0 Å². The lowest BCUT2D eigenvalue weighted by Gasteiger charge is -2.05. The summed E-state index contributed by atoms with van der Waals surface area (Å²) in [5.41, 5.74) is 5.45. The van der Waals surface area contributed by atoms with Gasteiger partial charge in [0.05, 0.1) is 12.0 Å². The molecule has 0 spiro atoms. The van der Waals surface area contributed by atoms with Crippen LogP contribution < -0.4 is 5.43 Å². The highest BCUT2D eigenvalue weighted by molar-refractivity contribution is 7.99.